The van der Waals surface area contributed by atoms with Gasteiger partial charge in [-0.2, -0.15) is 0 Å². The normalized spacial score (nSPS) is 26.4. The molecular weight excluding hydrogens is 1490 g/mol. The van der Waals surface area contributed by atoms with Crippen LogP contribution < -0.4 is 31.9 Å². The zero-order valence-electron chi connectivity index (χ0n) is 68.9. The number of hydrogen-bond donors (Lipinski definition) is 16. The zero-order valence-corrected chi connectivity index (χ0v) is 68.9. The number of carbonyl (C=O) groups excluding carboxylic acids is 8. The molecule has 16 N–H and O–H groups in total. The SMILES string of the molecule is CC1C(OCCCCC(=O)NCCCNC(=O)CCOCC(COCCC(=O)NCCCNC(=O)CCCCOC2OC(CO)C(O)C(O)C2C)(COCCC(=O)NCCCNC(=O)CCCCOC2OC(CO)C(O)C(O)C2C)CC(=O)CCCCCCCCCCC(=O)N2C[C@H](O)C[C@H]2CC(C)(C)C)OC(CO)C(O)C1O. The average molecular weight is 1640 g/mol. The first-order valence-corrected chi connectivity index (χ1v) is 42.1. The van der Waals surface area contributed by atoms with Crippen molar-refractivity contribution in [3.05, 3.63) is 0 Å². The number of nitrogens with one attached hydrogen (secondary N) is 6. The molecule has 0 radical (unpaired) electrons. The molecule has 17 atom stereocenters. The topological polar surface area (TPSA) is 497 Å². The van der Waals surface area contributed by atoms with Gasteiger partial charge in [0.1, 0.15) is 42.4 Å². The predicted octanol–water partition coefficient (Wildman–Crippen LogP) is 1.10. The molecule has 0 aromatic heterocycles. The number of rotatable bonds is 62. The van der Waals surface area contributed by atoms with Gasteiger partial charge in [0.05, 0.1) is 83.9 Å². The van der Waals surface area contributed by atoms with Crippen molar-refractivity contribution >= 4 is 47.1 Å². The van der Waals surface area contributed by atoms with Crippen LogP contribution in [0.2, 0.25) is 0 Å². The Balaban J connectivity index is 1.28. The molecule has 4 aliphatic rings. The van der Waals surface area contributed by atoms with E-state index in [1.807, 2.05) is 4.90 Å². The van der Waals surface area contributed by atoms with E-state index in [4.69, 9.17) is 42.6 Å². The Morgan fingerprint density at radius 3 is 0.991 bits per heavy atom. The summed E-state index contributed by atoms with van der Waals surface area (Å²) in [6.45, 7) is 12.4. The predicted molar refractivity (Wildman–Crippen MR) is 417 cm³/mol. The molecule has 114 heavy (non-hydrogen) atoms. The number of ether oxygens (including phenoxy) is 9. The first-order valence-electron chi connectivity index (χ1n) is 42.1. The Kier molecular flexibility index (Phi) is 51.1. The number of unbranched alkanes of at least 4 members (excludes halogenated alkanes) is 10. The molecule has 0 aromatic carbocycles. The third-order valence-corrected chi connectivity index (χ3v) is 21.2. The van der Waals surface area contributed by atoms with Crippen LogP contribution in [0, 0.1) is 28.6 Å². The standard InChI is InChI=1S/C80H145N7O27/c1-54-70(100)73(103)60(48-88)112-76(54)109-38-18-15-25-63(93)81-32-21-35-84-66(96)29-41-106-51-80(46-58(91)24-13-11-9-7-8-10-12-14-28-69(99)87-47-59(92)44-57(87)45-79(4,5)6,52-107-42-30-67(97)85-36-22-33-82-64(94)26-16-19-39-110-77-55(2)71(101)74(104)61(49-89)113-77)53-108-43-31-68(98)86-37-23-34-83-65(95)27-17-20-40-111-78-56(3)72(102)75(105)62(50-90)114-78/h54-57,59-62,70-78,88-90,92,100-105H,7-53H2,1-6H3,(H,81,93)(H,82,94)(H,83,95)(H,84,96)(H,85,97)(H,86,98)/t54?,55?,56?,57-,59+,60?,61?,62?,70?,71?,72?,73?,74?,75?,76?,77?,78?,80?/m0/s1. The lowest BCUT2D eigenvalue weighted by Gasteiger charge is -2.40. The zero-order chi connectivity index (χ0) is 83.9. The van der Waals surface area contributed by atoms with E-state index in [0.29, 0.717) is 103 Å². The van der Waals surface area contributed by atoms with Crippen LogP contribution in [-0.4, -0.2) is 314 Å². The number of aliphatic hydroxyl groups is 10. The second kappa shape index (κ2) is 57.4. The summed E-state index contributed by atoms with van der Waals surface area (Å²) in [4.78, 5) is 106. The van der Waals surface area contributed by atoms with E-state index < -0.39 is 123 Å². The van der Waals surface area contributed by atoms with Crippen molar-refractivity contribution in [2.24, 2.45) is 28.6 Å². The molecular formula is C80H145N7O27. The van der Waals surface area contributed by atoms with Gasteiger partial charge in [-0.15, -0.1) is 0 Å². The molecule has 4 fully saturated rings. The largest absolute Gasteiger partial charge is 0.394 e. The van der Waals surface area contributed by atoms with Crippen molar-refractivity contribution in [1.29, 1.82) is 0 Å². The second-order valence-corrected chi connectivity index (χ2v) is 32.6. The van der Waals surface area contributed by atoms with Crippen LogP contribution in [0.1, 0.15) is 221 Å². The van der Waals surface area contributed by atoms with Crippen molar-refractivity contribution in [3.63, 3.8) is 0 Å². The lowest BCUT2D eigenvalue weighted by atomic mass is 9.84. The number of aliphatic hydroxyl groups excluding tert-OH is 10. The highest BCUT2D eigenvalue weighted by Gasteiger charge is 2.45. The molecule has 4 saturated heterocycles. The Morgan fingerprint density at radius 2 is 0.675 bits per heavy atom. The van der Waals surface area contributed by atoms with Crippen molar-refractivity contribution in [2.45, 2.75) is 307 Å². The Bertz CT molecular complexity index is 2490. The van der Waals surface area contributed by atoms with Crippen LogP contribution in [0.5, 0.6) is 0 Å². The van der Waals surface area contributed by atoms with Crippen LogP contribution in [0.4, 0.5) is 0 Å². The molecule has 662 valence electrons. The molecule has 34 nitrogen and oxygen atoms in total. The summed E-state index contributed by atoms with van der Waals surface area (Å²) in [5.74, 6) is -3.05. The fourth-order valence-electron chi connectivity index (χ4n) is 14.2. The lowest BCUT2D eigenvalue weighted by molar-refractivity contribution is -0.282. The quantitative estimate of drug-likeness (QED) is 0.0379. The Morgan fingerprint density at radius 1 is 0.377 bits per heavy atom. The van der Waals surface area contributed by atoms with Gasteiger partial charge in [0.2, 0.25) is 41.4 Å². The smallest absolute Gasteiger partial charge is 0.222 e. The first kappa shape index (κ1) is 102. The van der Waals surface area contributed by atoms with Crippen molar-refractivity contribution in [2.75, 3.05) is 125 Å². The number of β-amino-alcohol motifs (C(OH)–C–C–N with tert-alkyl or cyclic N) is 1. The van der Waals surface area contributed by atoms with Crippen LogP contribution in [-0.2, 0) is 81.0 Å². The minimum Gasteiger partial charge on any atom is -0.394 e. The van der Waals surface area contributed by atoms with Crippen LogP contribution in [0.3, 0.4) is 0 Å². The van der Waals surface area contributed by atoms with Gasteiger partial charge in [-0.25, -0.2) is 0 Å². The monoisotopic (exact) mass is 1640 g/mol. The molecule has 34 heteroatoms. The maximum absolute atomic E-state index is 14.2. The highest BCUT2D eigenvalue weighted by Crippen LogP contribution is 2.33. The van der Waals surface area contributed by atoms with E-state index >= 15 is 0 Å². The number of ketones is 1. The molecule has 4 aliphatic heterocycles. The van der Waals surface area contributed by atoms with Crippen LogP contribution in [0.25, 0.3) is 0 Å². The Hall–Kier alpha value is -4.80. The van der Waals surface area contributed by atoms with E-state index in [9.17, 15) is 89.4 Å². The van der Waals surface area contributed by atoms with Crippen molar-refractivity contribution in [1.82, 2.24) is 36.8 Å². The van der Waals surface area contributed by atoms with E-state index in [-0.39, 0.29) is 189 Å². The van der Waals surface area contributed by atoms with E-state index in [1.165, 1.54) is 0 Å². The lowest BCUT2D eigenvalue weighted by Crippen LogP contribution is -2.55. The summed E-state index contributed by atoms with van der Waals surface area (Å²) in [5.41, 5.74) is -1.09. The van der Waals surface area contributed by atoms with Gasteiger partial charge < -0.3 is 130 Å². The molecule has 0 bridgehead atoms. The summed E-state index contributed by atoms with van der Waals surface area (Å²) in [7, 11) is 0. The minimum atomic E-state index is -1.23. The Labute approximate surface area is 674 Å². The van der Waals surface area contributed by atoms with Gasteiger partial charge >= 0.3 is 0 Å². The second-order valence-electron chi connectivity index (χ2n) is 32.6. The maximum atomic E-state index is 14.2. The molecule has 7 amide bonds. The fourth-order valence-corrected chi connectivity index (χ4v) is 14.2. The molecule has 0 aromatic rings. The molecule has 0 saturated carbocycles. The number of Topliss-reactive ketones (excluding diaryl/α,β-unsaturated/α-hetero) is 1. The summed E-state index contributed by atoms with van der Waals surface area (Å²) in [6.07, 6.45) is 1.13. The van der Waals surface area contributed by atoms with E-state index in [2.05, 4.69) is 52.7 Å². The van der Waals surface area contributed by atoms with E-state index in [1.54, 1.807) is 20.8 Å². The molecule has 15 unspecified atom stereocenters. The average Bonchev–Trinajstić information content (AvgIpc) is 1.27. The van der Waals surface area contributed by atoms with Crippen molar-refractivity contribution < 1.29 is 132 Å². The summed E-state index contributed by atoms with van der Waals surface area (Å²) < 4.78 is 52.6. The number of likely N-dealkylation sites (tertiary alicyclic amines) is 1. The minimum absolute atomic E-state index is 0.0439. The number of hydrogen-bond acceptors (Lipinski definition) is 27. The highest BCUT2D eigenvalue weighted by atomic mass is 16.7. The summed E-state index contributed by atoms with van der Waals surface area (Å²) in [6, 6.07) is 0.0565. The van der Waals surface area contributed by atoms with Gasteiger partial charge in [-0.05, 0) is 88.9 Å². The van der Waals surface area contributed by atoms with Gasteiger partial charge in [-0.1, -0.05) is 80.1 Å². The maximum Gasteiger partial charge on any atom is 0.222 e. The molecule has 4 rings (SSSR count). The fraction of sp³-hybridized carbons (Fsp3) is 0.900. The molecule has 4 heterocycles. The van der Waals surface area contributed by atoms with Gasteiger partial charge in [0.25, 0.3) is 0 Å². The molecule has 0 spiro atoms. The van der Waals surface area contributed by atoms with Crippen LogP contribution >= 0.6 is 0 Å². The van der Waals surface area contributed by atoms with Gasteiger partial charge in [0.15, 0.2) is 18.9 Å². The number of nitrogens with zero attached hydrogens (tertiary/aromatic N) is 1. The summed E-state index contributed by atoms with van der Waals surface area (Å²) in [5, 5.41) is 117. The van der Waals surface area contributed by atoms with Crippen LogP contribution in [0.15, 0.2) is 0 Å². The van der Waals surface area contributed by atoms with Gasteiger partial charge in [0, 0.05) is 153 Å². The highest BCUT2D eigenvalue weighted by molar-refractivity contribution is 5.80. The third kappa shape index (κ3) is 40.8. The number of carbonyl (C=O) groups is 8. The number of amides is 7. The van der Waals surface area contributed by atoms with Crippen molar-refractivity contribution in [3.8, 4) is 0 Å². The summed E-state index contributed by atoms with van der Waals surface area (Å²) >= 11 is 0. The van der Waals surface area contributed by atoms with Gasteiger partial charge in [-0.3, -0.25) is 38.4 Å². The molecule has 0 aliphatic carbocycles. The first-order chi connectivity index (χ1) is 54.5. The van der Waals surface area contributed by atoms with E-state index in [0.717, 1.165) is 51.4 Å². The third-order valence-electron chi connectivity index (χ3n) is 21.2.